The second-order valence-electron chi connectivity index (χ2n) is 9.23. The zero-order valence-electron chi connectivity index (χ0n) is 20.5. The number of carbonyl (C=O) groups excluding carboxylic acids is 2. The van der Waals surface area contributed by atoms with Gasteiger partial charge in [0.2, 0.25) is 7.37 Å². The minimum absolute atomic E-state index is 0.0377. The standard InChI is InChI=1S/C27H34NO6P/c1-3-34-35(33,20-26(30)28(27(31)32)18-10-11-21(28)2)24(17-16-22-12-6-4-7-13-22)19-25(29)23-14-8-5-9-15-23/h4-9,12-15,21,24H,3,10-11,16-20H2,1-2H3/p+1/t21-,24?,28?,35?/m1/s1. The van der Waals surface area contributed by atoms with Crippen molar-refractivity contribution in [1.29, 1.82) is 0 Å². The van der Waals surface area contributed by atoms with Crippen LogP contribution in [0.1, 0.15) is 55.5 Å². The third-order valence-electron chi connectivity index (χ3n) is 7.06. The molecule has 0 aliphatic carbocycles. The highest BCUT2D eigenvalue weighted by Crippen LogP contribution is 2.55. The van der Waals surface area contributed by atoms with Crippen molar-refractivity contribution in [2.45, 2.75) is 57.7 Å². The zero-order valence-corrected chi connectivity index (χ0v) is 21.4. The van der Waals surface area contributed by atoms with Crippen molar-refractivity contribution in [1.82, 2.24) is 0 Å². The van der Waals surface area contributed by atoms with E-state index < -0.39 is 41.7 Å². The van der Waals surface area contributed by atoms with Crippen LogP contribution in [0.25, 0.3) is 0 Å². The molecule has 1 heterocycles. The first-order valence-electron chi connectivity index (χ1n) is 12.2. The topological polar surface area (TPSA) is 97.7 Å². The second kappa shape index (κ2) is 11.9. The van der Waals surface area contributed by atoms with Crippen molar-refractivity contribution in [2.75, 3.05) is 19.3 Å². The quantitative estimate of drug-likeness (QED) is 0.239. The SMILES string of the molecule is CCOP(=O)(CC(=O)[N+]1(C(=O)O)CCC[C@H]1C)C(CCc1ccccc1)CC(=O)c1ccccc1. The molecule has 1 N–H and O–H groups in total. The first kappa shape index (κ1) is 27.0. The summed E-state index contributed by atoms with van der Waals surface area (Å²) in [6.07, 6.45) is 0.430. The third-order valence-corrected chi connectivity index (χ3v) is 10.0. The van der Waals surface area contributed by atoms with Crippen molar-refractivity contribution in [2.24, 2.45) is 0 Å². The minimum atomic E-state index is -3.71. The van der Waals surface area contributed by atoms with Crippen LogP contribution in [0.5, 0.6) is 0 Å². The van der Waals surface area contributed by atoms with Crippen molar-refractivity contribution in [3.8, 4) is 0 Å². The summed E-state index contributed by atoms with van der Waals surface area (Å²) in [7, 11) is -3.71. The summed E-state index contributed by atoms with van der Waals surface area (Å²) < 4.78 is 19.4. The number of aryl methyl sites for hydroxylation is 1. The molecule has 7 nitrogen and oxygen atoms in total. The first-order chi connectivity index (χ1) is 16.7. The maximum absolute atomic E-state index is 14.3. The fourth-order valence-electron chi connectivity index (χ4n) is 5.02. The summed E-state index contributed by atoms with van der Waals surface area (Å²) >= 11 is 0. The van der Waals surface area contributed by atoms with Gasteiger partial charge in [-0.2, -0.15) is 9.28 Å². The highest BCUT2D eigenvalue weighted by atomic mass is 31.2. The molecule has 1 aliphatic rings. The molecule has 1 fully saturated rings. The Morgan fingerprint density at radius 2 is 1.71 bits per heavy atom. The van der Waals surface area contributed by atoms with Gasteiger partial charge in [0.1, 0.15) is 12.2 Å². The smallest absolute Gasteiger partial charge is 0.435 e. The largest absolute Gasteiger partial charge is 0.521 e. The second-order valence-corrected chi connectivity index (χ2v) is 12.0. The van der Waals surface area contributed by atoms with Crippen molar-refractivity contribution in [3.63, 3.8) is 0 Å². The third kappa shape index (κ3) is 6.16. The van der Waals surface area contributed by atoms with Gasteiger partial charge in [-0.05, 0) is 32.3 Å². The maximum atomic E-state index is 14.3. The number of imide groups is 1. The Labute approximate surface area is 207 Å². The van der Waals surface area contributed by atoms with E-state index in [2.05, 4.69) is 0 Å². The minimum Gasteiger partial charge on any atom is -0.435 e. The Balaban J connectivity index is 1.92. The Morgan fingerprint density at radius 1 is 1.09 bits per heavy atom. The zero-order chi connectivity index (χ0) is 25.5. The van der Waals surface area contributed by atoms with Crippen LogP contribution < -0.4 is 0 Å². The van der Waals surface area contributed by atoms with E-state index in [0.717, 1.165) is 5.56 Å². The van der Waals surface area contributed by atoms with Gasteiger partial charge in [-0.1, -0.05) is 60.7 Å². The Hall–Kier alpha value is -2.60. The van der Waals surface area contributed by atoms with Gasteiger partial charge in [-0.3, -0.25) is 9.36 Å². The molecule has 0 radical (unpaired) electrons. The van der Waals surface area contributed by atoms with E-state index >= 15 is 0 Å². The van der Waals surface area contributed by atoms with E-state index in [-0.39, 0.29) is 25.4 Å². The average molecular weight is 501 g/mol. The van der Waals surface area contributed by atoms with E-state index in [4.69, 9.17) is 4.52 Å². The molecule has 1 saturated heterocycles. The molecule has 3 unspecified atom stereocenters. The van der Waals surface area contributed by atoms with E-state index in [0.29, 0.717) is 31.2 Å². The average Bonchev–Trinajstić information content (AvgIpc) is 3.25. The summed E-state index contributed by atoms with van der Waals surface area (Å²) in [4.78, 5) is 38.9. The van der Waals surface area contributed by atoms with Gasteiger partial charge in [-0.25, -0.2) is 4.79 Å². The molecule has 0 aromatic heterocycles. The van der Waals surface area contributed by atoms with Crippen LogP contribution in [0.4, 0.5) is 4.79 Å². The van der Waals surface area contributed by atoms with E-state index in [1.54, 1.807) is 38.1 Å². The van der Waals surface area contributed by atoms with Crippen molar-refractivity contribution < 1.29 is 33.1 Å². The number of likely N-dealkylation sites (tertiary alicyclic amines) is 1. The molecule has 3 rings (SSSR count). The fourth-order valence-corrected chi connectivity index (χ4v) is 7.62. The predicted molar refractivity (Wildman–Crippen MR) is 135 cm³/mol. The van der Waals surface area contributed by atoms with Crippen molar-refractivity contribution in [3.05, 3.63) is 71.8 Å². The molecule has 4 atom stereocenters. The lowest BCUT2D eigenvalue weighted by atomic mass is 10.0. The molecule has 1 aliphatic heterocycles. The fraction of sp³-hybridized carbons (Fsp3) is 0.444. The summed E-state index contributed by atoms with van der Waals surface area (Å²) in [5.41, 5.74) is 0.834. The Bertz CT molecular complexity index is 1070. The van der Waals surface area contributed by atoms with E-state index in [1.165, 1.54) is 0 Å². The van der Waals surface area contributed by atoms with Crippen LogP contribution in [0.2, 0.25) is 0 Å². The molecular formula is C27H35NO6P+. The summed E-state index contributed by atoms with van der Waals surface area (Å²) in [6.45, 7) is 3.73. The Morgan fingerprint density at radius 3 is 2.26 bits per heavy atom. The van der Waals surface area contributed by atoms with Gasteiger partial charge in [-0.15, -0.1) is 0 Å². The van der Waals surface area contributed by atoms with Gasteiger partial charge in [0, 0.05) is 30.5 Å². The van der Waals surface area contributed by atoms with Crippen LogP contribution in [0.3, 0.4) is 0 Å². The van der Waals surface area contributed by atoms with E-state index in [1.807, 2.05) is 36.4 Å². The van der Waals surface area contributed by atoms with Crippen LogP contribution >= 0.6 is 7.37 Å². The number of nitrogens with zero attached hydrogens (tertiary/aromatic N) is 1. The molecule has 0 saturated carbocycles. The summed E-state index contributed by atoms with van der Waals surface area (Å²) in [5, 5.41) is 9.98. The lowest BCUT2D eigenvalue weighted by Gasteiger charge is -2.33. The van der Waals surface area contributed by atoms with Gasteiger partial charge >= 0.3 is 12.0 Å². The number of carboxylic acid groups (broad SMARTS) is 1. The van der Waals surface area contributed by atoms with Gasteiger partial charge in [0.15, 0.2) is 5.78 Å². The first-order valence-corrected chi connectivity index (χ1v) is 14.1. The highest BCUT2D eigenvalue weighted by Gasteiger charge is 2.55. The van der Waals surface area contributed by atoms with Gasteiger partial charge in [0.25, 0.3) is 0 Å². The predicted octanol–water partition coefficient (Wildman–Crippen LogP) is 5.78. The number of amides is 2. The number of quaternary nitrogens is 1. The van der Waals surface area contributed by atoms with Crippen LogP contribution in [0, 0.1) is 0 Å². The number of carbonyl (C=O) groups is 3. The van der Waals surface area contributed by atoms with Gasteiger partial charge in [0.05, 0.1) is 13.2 Å². The molecule has 8 heteroatoms. The molecule has 35 heavy (non-hydrogen) atoms. The number of Topliss-reactive ketones (excluding diaryl/α,β-unsaturated/α-hetero) is 1. The van der Waals surface area contributed by atoms with Crippen LogP contribution in [-0.2, 0) is 20.3 Å². The van der Waals surface area contributed by atoms with Gasteiger partial charge < -0.3 is 9.63 Å². The summed E-state index contributed by atoms with van der Waals surface area (Å²) in [6, 6.07) is 18.1. The highest BCUT2D eigenvalue weighted by molar-refractivity contribution is 7.60. The normalized spacial score (nSPS) is 22.3. The Kier molecular flexibility index (Phi) is 9.17. The number of rotatable bonds is 11. The number of hydrogen-bond donors (Lipinski definition) is 1. The summed E-state index contributed by atoms with van der Waals surface area (Å²) in [5.74, 6) is -0.774. The molecule has 188 valence electrons. The number of ketones is 1. The molecule has 2 aromatic carbocycles. The molecule has 2 aromatic rings. The maximum Gasteiger partial charge on any atom is 0.521 e. The molecular weight excluding hydrogens is 465 g/mol. The lowest BCUT2D eigenvalue weighted by molar-refractivity contribution is -0.791. The number of hydrogen-bond acceptors (Lipinski definition) is 5. The van der Waals surface area contributed by atoms with Crippen LogP contribution in [0.15, 0.2) is 60.7 Å². The van der Waals surface area contributed by atoms with Crippen molar-refractivity contribution >= 4 is 25.2 Å². The molecule has 0 bridgehead atoms. The van der Waals surface area contributed by atoms with E-state index in [9.17, 15) is 24.1 Å². The molecule has 2 amide bonds. The monoisotopic (exact) mass is 500 g/mol. The number of benzene rings is 2. The van der Waals surface area contributed by atoms with Crippen LogP contribution in [-0.4, -0.2) is 58.4 Å². The molecule has 0 spiro atoms. The lowest BCUT2D eigenvalue weighted by Crippen LogP contribution is -2.59.